The standard InChI is InChI=1S/C9H9Cl2N3/c10-6-3-8(11)9-13-4-7(1-2-12)14(9)5-6/h3-5H,1-2,12H2. The van der Waals surface area contributed by atoms with Crippen LogP contribution in [0.4, 0.5) is 0 Å². The number of fused-ring (bicyclic) bond motifs is 1. The van der Waals surface area contributed by atoms with E-state index in [0.29, 0.717) is 16.6 Å². The fraction of sp³-hybridized carbons (Fsp3) is 0.222. The Balaban J connectivity index is 2.66. The van der Waals surface area contributed by atoms with Crippen molar-refractivity contribution in [2.75, 3.05) is 6.54 Å². The number of imidazole rings is 1. The smallest absolute Gasteiger partial charge is 0.155 e. The lowest BCUT2D eigenvalue weighted by Gasteiger charge is -2.01. The summed E-state index contributed by atoms with van der Waals surface area (Å²) in [5, 5.41) is 1.15. The highest BCUT2D eigenvalue weighted by atomic mass is 35.5. The largest absolute Gasteiger partial charge is 0.330 e. The Kier molecular flexibility index (Phi) is 2.63. The van der Waals surface area contributed by atoms with Gasteiger partial charge in [-0.3, -0.25) is 0 Å². The molecule has 2 aromatic heterocycles. The molecule has 0 amide bonds. The topological polar surface area (TPSA) is 43.3 Å². The van der Waals surface area contributed by atoms with Crippen LogP contribution in [0.5, 0.6) is 0 Å². The maximum atomic E-state index is 5.98. The molecule has 0 aliphatic heterocycles. The third kappa shape index (κ3) is 1.59. The molecule has 0 bridgehead atoms. The minimum absolute atomic E-state index is 0.556. The SMILES string of the molecule is NCCc1cnc2c(Cl)cc(Cl)cn12. The molecule has 0 saturated heterocycles. The second kappa shape index (κ2) is 3.77. The van der Waals surface area contributed by atoms with Crippen molar-refractivity contribution >= 4 is 28.8 Å². The van der Waals surface area contributed by atoms with Crippen LogP contribution in [0.1, 0.15) is 5.69 Å². The van der Waals surface area contributed by atoms with E-state index in [1.807, 2.05) is 4.40 Å². The fourth-order valence-electron chi connectivity index (χ4n) is 1.40. The Bertz CT molecular complexity index is 464. The molecule has 0 aliphatic rings. The van der Waals surface area contributed by atoms with Gasteiger partial charge in [-0.25, -0.2) is 4.98 Å². The summed E-state index contributed by atoms with van der Waals surface area (Å²) in [5.74, 6) is 0. The number of rotatable bonds is 2. The first-order valence-electron chi connectivity index (χ1n) is 4.23. The Labute approximate surface area is 91.4 Å². The number of hydrogen-bond acceptors (Lipinski definition) is 2. The summed E-state index contributed by atoms with van der Waals surface area (Å²) < 4.78 is 1.87. The van der Waals surface area contributed by atoms with Crippen molar-refractivity contribution in [3.63, 3.8) is 0 Å². The van der Waals surface area contributed by atoms with Gasteiger partial charge in [-0.1, -0.05) is 23.2 Å². The predicted molar refractivity (Wildman–Crippen MR) is 58.0 cm³/mol. The van der Waals surface area contributed by atoms with Crippen molar-refractivity contribution in [3.8, 4) is 0 Å². The molecule has 0 unspecified atom stereocenters. The van der Waals surface area contributed by atoms with Crippen molar-refractivity contribution in [2.24, 2.45) is 5.73 Å². The Morgan fingerprint density at radius 2 is 2.21 bits per heavy atom. The van der Waals surface area contributed by atoms with Crippen LogP contribution in [-0.2, 0) is 6.42 Å². The zero-order chi connectivity index (χ0) is 10.1. The van der Waals surface area contributed by atoms with Gasteiger partial charge >= 0.3 is 0 Å². The molecule has 74 valence electrons. The number of halogens is 2. The lowest BCUT2D eigenvalue weighted by molar-refractivity contribution is 0.905. The Morgan fingerprint density at radius 1 is 1.43 bits per heavy atom. The Hall–Kier alpha value is -0.770. The van der Waals surface area contributed by atoms with Crippen LogP contribution < -0.4 is 5.73 Å². The van der Waals surface area contributed by atoms with E-state index in [1.54, 1.807) is 18.5 Å². The van der Waals surface area contributed by atoms with E-state index >= 15 is 0 Å². The minimum atomic E-state index is 0.556. The van der Waals surface area contributed by atoms with Crippen LogP contribution in [0.2, 0.25) is 10.0 Å². The van der Waals surface area contributed by atoms with Gasteiger partial charge in [0.05, 0.1) is 10.0 Å². The summed E-state index contributed by atoms with van der Waals surface area (Å²) in [4.78, 5) is 4.19. The number of hydrogen-bond donors (Lipinski definition) is 1. The summed E-state index contributed by atoms with van der Waals surface area (Å²) in [6.07, 6.45) is 4.32. The van der Waals surface area contributed by atoms with Gasteiger partial charge in [0.15, 0.2) is 5.65 Å². The first kappa shape index (κ1) is 9.77. The van der Waals surface area contributed by atoms with E-state index in [1.165, 1.54) is 0 Å². The highest BCUT2D eigenvalue weighted by Gasteiger charge is 2.06. The minimum Gasteiger partial charge on any atom is -0.330 e. The molecule has 2 aromatic rings. The van der Waals surface area contributed by atoms with Gasteiger partial charge in [0.25, 0.3) is 0 Å². The second-order valence-corrected chi connectivity index (χ2v) is 3.83. The summed E-state index contributed by atoms with van der Waals surface area (Å²) in [5.41, 5.74) is 7.22. The molecule has 0 aliphatic carbocycles. The van der Waals surface area contributed by atoms with Crippen LogP contribution in [-0.4, -0.2) is 15.9 Å². The molecule has 0 fully saturated rings. The van der Waals surface area contributed by atoms with E-state index in [2.05, 4.69) is 4.98 Å². The average Bonchev–Trinajstić information content (AvgIpc) is 2.49. The van der Waals surface area contributed by atoms with Gasteiger partial charge in [0.1, 0.15) is 0 Å². The fourth-order valence-corrected chi connectivity index (χ4v) is 1.92. The van der Waals surface area contributed by atoms with Gasteiger partial charge in [-0.2, -0.15) is 0 Å². The highest BCUT2D eigenvalue weighted by Crippen LogP contribution is 2.22. The molecular formula is C9H9Cl2N3. The summed E-state index contributed by atoms with van der Waals surface area (Å²) >= 11 is 11.9. The normalized spacial score (nSPS) is 11.1. The van der Waals surface area contributed by atoms with Crippen LogP contribution in [0, 0.1) is 0 Å². The third-order valence-corrected chi connectivity index (χ3v) is 2.49. The Morgan fingerprint density at radius 3 is 2.93 bits per heavy atom. The quantitative estimate of drug-likeness (QED) is 0.858. The highest BCUT2D eigenvalue weighted by molar-refractivity contribution is 6.36. The van der Waals surface area contributed by atoms with E-state index in [4.69, 9.17) is 28.9 Å². The van der Waals surface area contributed by atoms with E-state index < -0.39 is 0 Å². The number of nitrogens with two attached hydrogens (primary N) is 1. The van der Waals surface area contributed by atoms with Crippen LogP contribution in [0.3, 0.4) is 0 Å². The van der Waals surface area contributed by atoms with Crippen LogP contribution >= 0.6 is 23.2 Å². The van der Waals surface area contributed by atoms with Crippen molar-refractivity contribution in [1.29, 1.82) is 0 Å². The first-order valence-corrected chi connectivity index (χ1v) is 4.99. The van der Waals surface area contributed by atoms with Crippen molar-refractivity contribution in [3.05, 3.63) is 34.2 Å². The van der Waals surface area contributed by atoms with E-state index in [0.717, 1.165) is 17.8 Å². The maximum Gasteiger partial charge on any atom is 0.155 e. The summed E-state index contributed by atoms with van der Waals surface area (Å²) in [7, 11) is 0. The van der Waals surface area contributed by atoms with E-state index in [9.17, 15) is 0 Å². The summed E-state index contributed by atoms with van der Waals surface area (Å²) in [6.45, 7) is 0.581. The molecule has 5 heteroatoms. The van der Waals surface area contributed by atoms with Crippen molar-refractivity contribution in [2.45, 2.75) is 6.42 Å². The molecule has 3 nitrogen and oxygen atoms in total. The van der Waals surface area contributed by atoms with Crippen molar-refractivity contribution in [1.82, 2.24) is 9.38 Å². The number of nitrogens with zero attached hydrogens (tertiary/aromatic N) is 2. The molecule has 0 aromatic carbocycles. The molecule has 0 saturated carbocycles. The molecule has 0 radical (unpaired) electrons. The zero-order valence-corrected chi connectivity index (χ0v) is 8.89. The predicted octanol–water partition coefficient (Wildman–Crippen LogP) is 2.14. The lowest BCUT2D eigenvalue weighted by Crippen LogP contribution is -2.04. The molecule has 2 rings (SSSR count). The van der Waals surface area contributed by atoms with Crippen LogP contribution in [0.15, 0.2) is 18.5 Å². The zero-order valence-electron chi connectivity index (χ0n) is 7.37. The van der Waals surface area contributed by atoms with Gasteiger partial charge in [0, 0.05) is 24.5 Å². The van der Waals surface area contributed by atoms with Gasteiger partial charge < -0.3 is 10.1 Å². The molecule has 2 heterocycles. The van der Waals surface area contributed by atoms with E-state index in [-0.39, 0.29) is 0 Å². The van der Waals surface area contributed by atoms with Gasteiger partial charge in [0.2, 0.25) is 0 Å². The molecule has 0 atom stereocenters. The van der Waals surface area contributed by atoms with Crippen LogP contribution in [0.25, 0.3) is 5.65 Å². The molecule has 2 N–H and O–H groups in total. The molecule has 14 heavy (non-hydrogen) atoms. The van der Waals surface area contributed by atoms with Gasteiger partial charge in [-0.05, 0) is 12.6 Å². The third-order valence-electron chi connectivity index (χ3n) is 2.00. The lowest BCUT2D eigenvalue weighted by atomic mass is 10.3. The van der Waals surface area contributed by atoms with Crippen molar-refractivity contribution < 1.29 is 0 Å². The number of pyridine rings is 1. The molecule has 0 spiro atoms. The maximum absolute atomic E-state index is 5.98. The molecular weight excluding hydrogens is 221 g/mol. The monoisotopic (exact) mass is 229 g/mol. The summed E-state index contributed by atoms with van der Waals surface area (Å²) in [6, 6.07) is 1.68. The average molecular weight is 230 g/mol. The second-order valence-electron chi connectivity index (χ2n) is 2.99. The van der Waals surface area contributed by atoms with Gasteiger partial charge in [-0.15, -0.1) is 0 Å². The first-order chi connectivity index (χ1) is 6.72. The number of aromatic nitrogens is 2.